The second kappa shape index (κ2) is 11.2. The largest absolute Gasteiger partial charge is 0.481 e. The number of nitrogens with one attached hydrogen (secondary N) is 2. The van der Waals surface area contributed by atoms with Gasteiger partial charge in [-0.3, -0.25) is 14.5 Å². The number of thiophene rings is 1. The van der Waals surface area contributed by atoms with Crippen LogP contribution in [-0.4, -0.2) is 59.9 Å². The quantitative estimate of drug-likeness (QED) is 0.385. The molecule has 2 heterocycles. The highest BCUT2D eigenvalue weighted by molar-refractivity contribution is 7.91. The maximum Gasteiger partial charge on any atom is 0.323 e. The fraction of sp³-hybridized carbons (Fsp3) is 0.208. The van der Waals surface area contributed by atoms with Gasteiger partial charge in [0.05, 0.1) is 12.5 Å². The molecule has 2 unspecified atom stereocenters. The summed E-state index contributed by atoms with van der Waals surface area (Å²) in [7, 11) is -4.21. The van der Waals surface area contributed by atoms with Gasteiger partial charge in [-0.05, 0) is 53.4 Å². The summed E-state index contributed by atoms with van der Waals surface area (Å²) in [4.78, 5) is 39.2. The minimum atomic E-state index is -4.21. The smallest absolute Gasteiger partial charge is 0.323 e. The average Bonchev–Trinajstić information content (AvgIpc) is 3.57. The van der Waals surface area contributed by atoms with Crippen LogP contribution in [0.4, 0.5) is 19.3 Å². The molecule has 0 saturated carbocycles. The van der Waals surface area contributed by atoms with Crippen molar-refractivity contribution in [2.24, 2.45) is 0 Å². The van der Waals surface area contributed by atoms with Crippen LogP contribution in [0.3, 0.4) is 0 Å². The highest BCUT2D eigenvalue weighted by Crippen LogP contribution is 2.29. The Hall–Kier alpha value is -3.88. The maximum atomic E-state index is 13.6. The monoisotopic (exact) mass is 564 g/mol. The molecule has 1 aromatic heterocycles. The van der Waals surface area contributed by atoms with E-state index in [2.05, 4.69) is 10.6 Å². The maximum absolute atomic E-state index is 13.6. The van der Waals surface area contributed by atoms with Crippen molar-refractivity contribution in [3.8, 4) is 0 Å². The van der Waals surface area contributed by atoms with E-state index in [1.807, 2.05) is 0 Å². The second-order valence-corrected chi connectivity index (χ2v) is 11.3. The van der Waals surface area contributed by atoms with E-state index < -0.39 is 58.2 Å². The van der Waals surface area contributed by atoms with Crippen LogP contribution in [0, 0.1) is 11.6 Å². The number of halogens is 2. The van der Waals surface area contributed by atoms with Crippen molar-refractivity contribution in [3.05, 3.63) is 83.2 Å². The van der Waals surface area contributed by atoms with Crippen LogP contribution in [0.5, 0.6) is 0 Å². The van der Waals surface area contributed by atoms with Gasteiger partial charge in [-0.15, -0.1) is 11.3 Å². The molecule has 4 rings (SSSR count). The summed E-state index contributed by atoms with van der Waals surface area (Å²) in [5.74, 6) is -3.31. The zero-order valence-electron chi connectivity index (χ0n) is 19.6. The Labute approximate surface area is 220 Å². The lowest BCUT2D eigenvalue weighted by Crippen LogP contribution is -2.55. The van der Waals surface area contributed by atoms with Crippen LogP contribution in [-0.2, 0) is 19.6 Å². The molecule has 0 aliphatic carbocycles. The first kappa shape index (κ1) is 27.2. The van der Waals surface area contributed by atoms with Crippen molar-refractivity contribution in [1.82, 2.24) is 14.5 Å². The molecule has 1 fully saturated rings. The molecule has 2 atom stereocenters. The Kier molecular flexibility index (Phi) is 8.04. The molecule has 0 bridgehead atoms. The lowest BCUT2D eigenvalue weighted by Gasteiger charge is -2.30. The van der Waals surface area contributed by atoms with Crippen LogP contribution >= 0.6 is 11.3 Å². The molecule has 10 nitrogen and oxygen atoms in total. The third-order valence-electron chi connectivity index (χ3n) is 5.75. The Morgan fingerprint density at radius 1 is 1.00 bits per heavy atom. The van der Waals surface area contributed by atoms with E-state index in [1.54, 1.807) is 5.38 Å². The van der Waals surface area contributed by atoms with Gasteiger partial charge in [0.2, 0.25) is 0 Å². The van der Waals surface area contributed by atoms with Crippen LogP contribution in [0.15, 0.2) is 70.3 Å². The van der Waals surface area contributed by atoms with E-state index in [0.29, 0.717) is 0 Å². The number of rotatable bonds is 8. The molecular formula is C24H22F2N4O6S2. The molecule has 3 aromatic rings. The summed E-state index contributed by atoms with van der Waals surface area (Å²) in [5, 5.41) is 16.0. The van der Waals surface area contributed by atoms with Crippen LogP contribution < -0.4 is 10.6 Å². The lowest BCUT2D eigenvalue weighted by molar-refractivity contribution is -0.138. The van der Waals surface area contributed by atoms with Gasteiger partial charge in [-0.25, -0.2) is 22.0 Å². The van der Waals surface area contributed by atoms with Gasteiger partial charge in [-0.2, -0.15) is 4.31 Å². The van der Waals surface area contributed by atoms with Crippen molar-refractivity contribution in [3.63, 3.8) is 0 Å². The standard InChI is InChI=1S/C24H22F2N4O6S2/c25-16-5-3-15(4-6-16)19(14-20(31)32)28-22(33)23-29(24(34)27-18-9-7-17(26)8-10-18)11-12-30(23)38(35,36)21-2-1-13-37-21/h1-10,13,19,23H,11-12,14H2,(H,27,34)(H,28,33)(H,31,32). The van der Waals surface area contributed by atoms with Gasteiger partial charge in [0.15, 0.2) is 6.17 Å². The highest BCUT2D eigenvalue weighted by Gasteiger charge is 2.47. The number of carbonyl (C=O) groups excluding carboxylic acids is 2. The number of sulfonamides is 1. The first-order valence-electron chi connectivity index (χ1n) is 11.2. The molecule has 1 saturated heterocycles. The predicted octanol–water partition coefficient (Wildman–Crippen LogP) is 3.22. The number of amides is 3. The summed E-state index contributed by atoms with van der Waals surface area (Å²) in [5.41, 5.74) is 0.486. The summed E-state index contributed by atoms with van der Waals surface area (Å²) >= 11 is 0.935. The Morgan fingerprint density at radius 2 is 1.63 bits per heavy atom. The van der Waals surface area contributed by atoms with Gasteiger partial charge in [0.1, 0.15) is 15.8 Å². The molecule has 38 heavy (non-hydrogen) atoms. The molecule has 1 aliphatic heterocycles. The van der Waals surface area contributed by atoms with Crippen LogP contribution in [0.25, 0.3) is 0 Å². The molecule has 1 aliphatic rings. The Balaban J connectivity index is 1.66. The van der Waals surface area contributed by atoms with E-state index >= 15 is 0 Å². The zero-order valence-corrected chi connectivity index (χ0v) is 21.2. The number of carboxylic acids is 1. The second-order valence-electron chi connectivity index (χ2n) is 8.26. The molecule has 0 spiro atoms. The molecule has 3 amide bonds. The number of nitrogens with zero attached hydrogens (tertiary/aromatic N) is 2. The van der Waals surface area contributed by atoms with Gasteiger partial charge in [0.25, 0.3) is 15.9 Å². The van der Waals surface area contributed by atoms with Crippen LogP contribution in [0.2, 0.25) is 0 Å². The number of benzene rings is 2. The summed E-state index contributed by atoms with van der Waals surface area (Å²) in [6.45, 7) is -0.370. The topological polar surface area (TPSA) is 136 Å². The van der Waals surface area contributed by atoms with Gasteiger partial charge in [0, 0.05) is 18.8 Å². The van der Waals surface area contributed by atoms with Crippen molar-refractivity contribution in [2.75, 3.05) is 18.4 Å². The predicted molar refractivity (Wildman–Crippen MR) is 134 cm³/mol. The molecule has 200 valence electrons. The first-order valence-corrected chi connectivity index (χ1v) is 13.5. The van der Waals surface area contributed by atoms with Gasteiger partial charge in [-0.1, -0.05) is 18.2 Å². The normalized spacial score (nSPS) is 16.7. The SMILES string of the molecule is O=C(O)CC(NC(=O)C1N(C(=O)Nc2ccc(F)cc2)CCN1S(=O)(=O)c1cccs1)c1ccc(F)cc1. The number of anilines is 1. The summed E-state index contributed by atoms with van der Waals surface area (Å²) in [6.07, 6.45) is -2.25. The van der Waals surface area contributed by atoms with E-state index in [-0.39, 0.29) is 28.5 Å². The molecule has 2 aromatic carbocycles. The number of hydrogen-bond acceptors (Lipinski definition) is 6. The van der Waals surface area contributed by atoms with E-state index in [4.69, 9.17) is 0 Å². The number of urea groups is 1. The zero-order chi connectivity index (χ0) is 27.4. The van der Waals surface area contributed by atoms with Crippen molar-refractivity contribution >= 4 is 45.0 Å². The van der Waals surface area contributed by atoms with E-state index in [9.17, 15) is 36.7 Å². The number of carbonyl (C=O) groups is 3. The number of carboxylic acid groups (broad SMARTS) is 1. The lowest BCUT2D eigenvalue weighted by atomic mass is 10.0. The van der Waals surface area contributed by atoms with Gasteiger partial charge >= 0.3 is 12.0 Å². The Morgan fingerprint density at radius 3 is 2.21 bits per heavy atom. The molecule has 0 radical (unpaired) electrons. The third kappa shape index (κ3) is 5.98. The highest BCUT2D eigenvalue weighted by atomic mass is 32.2. The molecule has 14 heteroatoms. The molecule has 3 N–H and O–H groups in total. The fourth-order valence-corrected chi connectivity index (χ4v) is 6.63. The minimum absolute atomic E-state index is 0.0447. The number of aliphatic carboxylic acids is 1. The minimum Gasteiger partial charge on any atom is -0.481 e. The number of hydrogen-bond donors (Lipinski definition) is 3. The van der Waals surface area contributed by atoms with Gasteiger partial charge < -0.3 is 15.7 Å². The Bertz CT molecular complexity index is 1420. The van der Waals surface area contributed by atoms with Crippen molar-refractivity contribution < 1.29 is 36.7 Å². The van der Waals surface area contributed by atoms with E-state index in [1.165, 1.54) is 36.4 Å². The molecular weight excluding hydrogens is 542 g/mol. The van der Waals surface area contributed by atoms with E-state index in [0.717, 1.165) is 44.8 Å². The summed E-state index contributed by atoms with van der Waals surface area (Å²) in [6, 6.07) is 10.6. The van der Waals surface area contributed by atoms with Crippen molar-refractivity contribution in [1.29, 1.82) is 0 Å². The first-order chi connectivity index (χ1) is 18.1. The fourth-order valence-electron chi connectivity index (χ4n) is 3.97. The summed E-state index contributed by atoms with van der Waals surface area (Å²) < 4.78 is 54.3. The van der Waals surface area contributed by atoms with Crippen molar-refractivity contribution in [2.45, 2.75) is 22.8 Å². The van der Waals surface area contributed by atoms with Crippen LogP contribution in [0.1, 0.15) is 18.0 Å². The third-order valence-corrected chi connectivity index (χ3v) is 8.97. The average molecular weight is 565 g/mol.